The number of rotatable bonds is 6. The summed E-state index contributed by atoms with van der Waals surface area (Å²) in [5.74, 6) is 0.686. The Bertz CT molecular complexity index is 369. The van der Waals surface area contributed by atoms with Crippen molar-refractivity contribution in [2.24, 2.45) is 5.92 Å². The SMILES string of the molecule is CC(CNC1CC(NC(=O)OC(C)(C)C)C1)CN1CCCCC1. The third kappa shape index (κ3) is 7.08. The molecule has 2 rings (SSSR count). The Balaban J connectivity index is 1.53. The number of hydrogen-bond acceptors (Lipinski definition) is 4. The average molecular weight is 325 g/mol. The highest BCUT2D eigenvalue weighted by Gasteiger charge is 2.31. The Morgan fingerprint density at radius 3 is 2.43 bits per heavy atom. The second kappa shape index (κ2) is 8.34. The molecule has 0 radical (unpaired) electrons. The molecule has 0 bridgehead atoms. The van der Waals surface area contributed by atoms with Crippen LogP contribution in [0.25, 0.3) is 0 Å². The molecule has 134 valence electrons. The van der Waals surface area contributed by atoms with Crippen LogP contribution in [0.4, 0.5) is 4.79 Å². The van der Waals surface area contributed by atoms with E-state index in [1.54, 1.807) is 0 Å². The van der Waals surface area contributed by atoms with Gasteiger partial charge < -0.3 is 20.3 Å². The van der Waals surface area contributed by atoms with Gasteiger partial charge in [-0.05, 0) is 72.0 Å². The van der Waals surface area contributed by atoms with Gasteiger partial charge in [0, 0.05) is 18.6 Å². The summed E-state index contributed by atoms with van der Waals surface area (Å²) in [5.41, 5.74) is -0.421. The van der Waals surface area contributed by atoms with Crippen LogP contribution in [-0.2, 0) is 4.74 Å². The number of ether oxygens (including phenoxy) is 1. The fourth-order valence-corrected chi connectivity index (χ4v) is 3.39. The van der Waals surface area contributed by atoms with E-state index in [4.69, 9.17) is 4.74 Å². The minimum Gasteiger partial charge on any atom is -0.444 e. The Kier molecular flexibility index (Phi) is 6.72. The van der Waals surface area contributed by atoms with Crippen molar-refractivity contribution in [1.29, 1.82) is 0 Å². The molecule has 1 aliphatic heterocycles. The minimum absolute atomic E-state index is 0.264. The predicted octanol–water partition coefficient (Wildman–Crippen LogP) is 2.75. The number of likely N-dealkylation sites (tertiary alicyclic amines) is 1. The maximum atomic E-state index is 11.7. The molecule has 2 aliphatic rings. The Morgan fingerprint density at radius 2 is 1.83 bits per heavy atom. The summed E-state index contributed by atoms with van der Waals surface area (Å²) in [7, 11) is 0. The van der Waals surface area contributed by atoms with Gasteiger partial charge in [-0.25, -0.2) is 4.79 Å². The van der Waals surface area contributed by atoms with Crippen LogP contribution in [0.15, 0.2) is 0 Å². The average Bonchev–Trinajstić information content (AvgIpc) is 2.40. The zero-order chi connectivity index (χ0) is 16.9. The molecule has 1 saturated carbocycles. The van der Waals surface area contributed by atoms with E-state index in [1.165, 1.54) is 38.9 Å². The number of alkyl carbamates (subject to hydrolysis) is 1. The zero-order valence-corrected chi connectivity index (χ0v) is 15.4. The van der Waals surface area contributed by atoms with Gasteiger partial charge >= 0.3 is 6.09 Å². The Labute approximate surface area is 141 Å². The van der Waals surface area contributed by atoms with Gasteiger partial charge in [-0.15, -0.1) is 0 Å². The second-order valence-corrected chi connectivity index (χ2v) is 8.39. The maximum absolute atomic E-state index is 11.7. The number of carbonyl (C=O) groups is 1. The first-order chi connectivity index (χ1) is 10.8. The lowest BCUT2D eigenvalue weighted by Crippen LogP contribution is -2.54. The quantitative estimate of drug-likeness (QED) is 0.788. The topological polar surface area (TPSA) is 53.6 Å². The van der Waals surface area contributed by atoms with Crippen LogP contribution in [0.1, 0.15) is 59.8 Å². The highest BCUT2D eigenvalue weighted by Crippen LogP contribution is 2.21. The standard InChI is InChI=1S/C18H35N3O2/c1-14(13-21-8-6-5-7-9-21)12-19-15-10-16(11-15)20-17(22)23-18(2,3)4/h14-16,19H,5-13H2,1-4H3,(H,20,22). The fraction of sp³-hybridized carbons (Fsp3) is 0.944. The van der Waals surface area contributed by atoms with Gasteiger partial charge in [0.2, 0.25) is 0 Å². The highest BCUT2D eigenvalue weighted by atomic mass is 16.6. The summed E-state index contributed by atoms with van der Waals surface area (Å²) < 4.78 is 5.29. The third-order valence-corrected chi connectivity index (χ3v) is 4.63. The van der Waals surface area contributed by atoms with E-state index < -0.39 is 5.60 Å². The Morgan fingerprint density at radius 1 is 1.17 bits per heavy atom. The van der Waals surface area contributed by atoms with Crippen LogP contribution in [0.3, 0.4) is 0 Å². The summed E-state index contributed by atoms with van der Waals surface area (Å²) in [6.07, 6.45) is 5.85. The highest BCUT2D eigenvalue weighted by molar-refractivity contribution is 5.68. The maximum Gasteiger partial charge on any atom is 0.407 e. The molecule has 2 N–H and O–H groups in total. The molecule has 0 aromatic heterocycles. The van der Waals surface area contributed by atoms with E-state index in [0.717, 1.165) is 19.4 Å². The summed E-state index contributed by atoms with van der Waals surface area (Å²) in [4.78, 5) is 14.3. The molecule has 1 saturated heterocycles. The van der Waals surface area contributed by atoms with Gasteiger partial charge in [-0.2, -0.15) is 0 Å². The van der Waals surface area contributed by atoms with Crippen LogP contribution in [-0.4, -0.2) is 54.9 Å². The number of carbonyl (C=O) groups excluding carboxylic acids is 1. The molecule has 5 nitrogen and oxygen atoms in total. The molecule has 0 aromatic rings. The van der Waals surface area contributed by atoms with Gasteiger partial charge in [0.1, 0.15) is 5.60 Å². The number of hydrogen-bond donors (Lipinski definition) is 2. The Hall–Kier alpha value is -0.810. The van der Waals surface area contributed by atoms with Crippen molar-refractivity contribution in [2.45, 2.75) is 77.5 Å². The molecule has 1 atom stereocenters. The van der Waals surface area contributed by atoms with E-state index in [0.29, 0.717) is 12.0 Å². The summed E-state index contributed by atoms with van der Waals surface area (Å²) in [6, 6.07) is 0.804. The normalized spacial score (nSPS) is 27.1. The lowest BCUT2D eigenvalue weighted by molar-refractivity contribution is 0.0464. The van der Waals surface area contributed by atoms with Crippen LogP contribution in [0, 0.1) is 5.92 Å². The molecule has 1 heterocycles. The van der Waals surface area contributed by atoms with Crippen molar-refractivity contribution in [3.63, 3.8) is 0 Å². The predicted molar refractivity (Wildman–Crippen MR) is 93.6 cm³/mol. The number of piperidine rings is 1. The van der Waals surface area contributed by atoms with Crippen molar-refractivity contribution in [1.82, 2.24) is 15.5 Å². The molecule has 23 heavy (non-hydrogen) atoms. The van der Waals surface area contributed by atoms with Gasteiger partial charge in [-0.3, -0.25) is 0 Å². The number of nitrogens with one attached hydrogen (secondary N) is 2. The van der Waals surface area contributed by atoms with E-state index in [9.17, 15) is 4.79 Å². The van der Waals surface area contributed by atoms with Crippen LogP contribution < -0.4 is 10.6 Å². The molecular formula is C18H35N3O2. The van der Waals surface area contributed by atoms with E-state index in [2.05, 4.69) is 22.5 Å². The third-order valence-electron chi connectivity index (χ3n) is 4.63. The zero-order valence-electron chi connectivity index (χ0n) is 15.4. The van der Waals surface area contributed by atoms with E-state index in [1.807, 2.05) is 20.8 Å². The molecule has 1 aliphatic carbocycles. The van der Waals surface area contributed by atoms with Gasteiger partial charge in [-0.1, -0.05) is 13.3 Å². The molecule has 1 amide bonds. The van der Waals surface area contributed by atoms with Crippen molar-refractivity contribution in [3.8, 4) is 0 Å². The smallest absolute Gasteiger partial charge is 0.407 e. The fourth-order valence-electron chi connectivity index (χ4n) is 3.39. The summed E-state index contributed by atoms with van der Waals surface area (Å²) in [6.45, 7) is 12.8. The van der Waals surface area contributed by atoms with Crippen molar-refractivity contribution in [3.05, 3.63) is 0 Å². The van der Waals surface area contributed by atoms with Crippen molar-refractivity contribution in [2.75, 3.05) is 26.2 Å². The lowest BCUT2D eigenvalue weighted by atomic mass is 9.86. The van der Waals surface area contributed by atoms with Crippen molar-refractivity contribution < 1.29 is 9.53 Å². The second-order valence-electron chi connectivity index (χ2n) is 8.39. The van der Waals surface area contributed by atoms with Gasteiger partial charge in [0.05, 0.1) is 0 Å². The minimum atomic E-state index is -0.421. The number of nitrogens with zero attached hydrogens (tertiary/aromatic N) is 1. The van der Waals surface area contributed by atoms with Crippen LogP contribution >= 0.6 is 0 Å². The van der Waals surface area contributed by atoms with E-state index in [-0.39, 0.29) is 12.1 Å². The molecule has 5 heteroatoms. The monoisotopic (exact) mass is 325 g/mol. The molecule has 2 fully saturated rings. The first-order valence-electron chi connectivity index (χ1n) is 9.27. The van der Waals surface area contributed by atoms with Gasteiger partial charge in [0.15, 0.2) is 0 Å². The van der Waals surface area contributed by atoms with Crippen LogP contribution in [0.5, 0.6) is 0 Å². The largest absolute Gasteiger partial charge is 0.444 e. The molecule has 0 spiro atoms. The summed E-state index contributed by atoms with van der Waals surface area (Å²) >= 11 is 0. The first-order valence-corrected chi connectivity index (χ1v) is 9.27. The van der Waals surface area contributed by atoms with E-state index >= 15 is 0 Å². The molecular weight excluding hydrogens is 290 g/mol. The molecule has 0 aromatic carbocycles. The number of amides is 1. The van der Waals surface area contributed by atoms with Crippen molar-refractivity contribution >= 4 is 6.09 Å². The van der Waals surface area contributed by atoms with Gasteiger partial charge in [0.25, 0.3) is 0 Å². The van der Waals surface area contributed by atoms with Crippen LogP contribution in [0.2, 0.25) is 0 Å². The summed E-state index contributed by atoms with van der Waals surface area (Å²) in [5, 5.41) is 6.59. The lowest BCUT2D eigenvalue weighted by Gasteiger charge is -2.38. The molecule has 1 unspecified atom stereocenters. The first kappa shape index (κ1) is 18.5.